The Morgan fingerprint density at radius 3 is 2.79 bits per heavy atom. The minimum Gasteiger partial charge on any atom is -0.493 e. The van der Waals surface area contributed by atoms with E-state index in [4.69, 9.17) is 4.74 Å². The van der Waals surface area contributed by atoms with Crippen LogP contribution in [-0.2, 0) is 11.2 Å². The second-order valence-electron chi connectivity index (χ2n) is 3.98. The van der Waals surface area contributed by atoms with E-state index in [0.29, 0.717) is 18.2 Å². The lowest BCUT2D eigenvalue weighted by Gasteiger charge is -2.06. The van der Waals surface area contributed by atoms with E-state index < -0.39 is 0 Å². The van der Waals surface area contributed by atoms with Crippen LogP contribution in [0.1, 0.15) is 18.9 Å². The average Bonchev–Trinajstić information content (AvgIpc) is 2.92. The van der Waals surface area contributed by atoms with Crippen molar-refractivity contribution in [3.63, 3.8) is 0 Å². The molecule has 1 heterocycles. The molecule has 0 atom stereocenters. The van der Waals surface area contributed by atoms with Crippen LogP contribution in [0.25, 0.3) is 0 Å². The summed E-state index contributed by atoms with van der Waals surface area (Å²) in [6.07, 6.45) is 2.98. The molecule has 1 aromatic carbocycles. The molecule has 1 aromatic heterocycles. The molecule has 0 aliphatic rings. The lowest BCUT2D eigenvalue weighted by Crippen LogP contribution is -2.14. The molecule has 0 bridgehead atoms. The summed E-state index contributed by atoms with van der Waals surface area (Å²) in [5.74, 6) is 0.708. The second kappa shape index (κ2) is 6.89. The highest BCUT2D eigenvalue weighted by atomic mass is 32.1. The van der Waals surface area contributed by atoms with Crippen LogP contribution in [0.15, 0.2) is 35.8 Å². The van der Waals surface area contributed by atoms with Crippen LogP contribution in [0.5, 0.6) is 5.75 Å². The molecule has 4 nitrogen and oxygen atoms in total. The first kappa shape index (κ1) is 13.5. The fraction of sp³-hybridized carbons (Fsp3) is 0.286. The van der Waals surface area contributed by atoms with Crippen molar-refractivity contribution in [1.29, 1.82) is 0 Å². The van der Waals surface area contributed by atoms with Crippen LogP contribution in [0.4, 0.5) is 5.13 Å². The molecule has 100 valence electrons. The van der Waals surface area contributed by atoms with Gasteiger partial charge < -0.3 is 10.1 Å². The molecule has 0 saturated heterocycles. The third kappa shape index (κ3) is 4.37. The van der Waals surface area contributed by atoms with Crippen LogP contribution >= 0.6 is 11.3 Å². The highest BCUT2D eigenvalue weighted by Gasteiger charge is 2.04. The molecule has 2 rings (SSSR count). The zero-order valence-electron chi connectivity index (χ0n) is 10.8. The van der Waals surface area contributed by atoms with E-state index in [9.17, 15) is 4.79 Å². The number of amides is 1. The van der Waals surface area contributed by atoms with E-state index in [1.807, 2.05) is 29.6 Å². The number of carbonyl (C=O) groups excluding carboxylic acids is 1. The van der Waals surface area contributed by atoms with Crippen LogP contribution in [0.3, 0.4) is 0 Å². The molecule has 0 spiro atoms. The lowest BCUT2D eigenvalue weighted by molar-refractivity contribution is -0.116. The van der Waals surface area contributed by atoms with Gasteiger partial charge >= 0.3 is 0 Å². The number of anilines is 1. The van der Waals surface area contributed by atoms with Crippen LogP contribution in [0.2, 0.25) is 0 Å². The van der Waals surface area contributed by atoms with Crippen molar-refractivity contribution in [3.05, 3.63) is 41.4 Å². The number of ether oxygens (including phenoxy) is 1. The molecule has 2 aromatic rings. The Bertz CT molecular complexity index is 509. The summed E-state index contributed by atoms with van der Waals surface area (Å²) in [4.78, 5) is 15.6. The lowest BCUT2D eigenvalue weighted by atomic mass is 10.2. The predicted molar refractivity (Wildman–Crippen MR) is 76.7 cm³/mol. The Morgan fingerprint density at radius 1 is 1.37 bits per heavy atom. The van der Waals surface area contributed by atoms with Gasteiger partial charge in [-0.1, -0.05) is 19.1 Å². The first-order chi connectivity index (χ1) is 9.28. The normalized spacial score (nSPS) is 10.2. The number of hydrogen-bond donors (Lipinski definition) is 1. The topological polar surface area (TPSA) is 51.2 Å². The monoisotopic (exact) mass is 276 g/mol. The maximum atomic E-state index is 11.6. The number of hydrogen-bond acceptors (Lipinski definition) is 4. The van der Waals surface area contributed by atoms with Crippen molar-refractivity contribution in [2.24, 2.45) is 0 Å². The molecule has 0 saturated carbocycles. The Kier molecular flexibility index (Phi) is 4.92. The van der Waals surface area contributed by atoms with Gasteiger partial charge in [-0.05, 0) is 24.1 Å². The van der Waals surface area contributed by atoms with Gasteiger partial charge in [0.2, 0.25) is 5.91 Å². The number of aryl methyl sites for hydroxylation is 1. The average molecular weight is 276 g/mol. The molecule has 1 amide bonds. The standard InChI is InChI=1S/C14H16N2O2S/c1-2-11-3-5-12(6-4-11)18-9-7-13(17)16-14-15-8-10-19-14/h3-6,8,10H,2,7,9H2,1H3,(H,15,16,17). The van der Waals surface area contributed by atoms with Gasteiger partial charge in [0.25, 0.3) is 0 Å². The highest BCUT2D eigenvalue weighted by Crippen LogP contribution is 2.13. The molecule has 5 heteroatoms. The highest BCUT2D eigenvalue weighted by molar-refractivity contribution is 7.13. The van der Waals surface area contributed by atoms with Gasteiger partial charge in [0.1, 0.15) is 5.75 Å². The van der Waals surface area contributed by atoms with Gasteiger partial charge in [-0.3, -0.25) is 4.79 Å². The summed E-state index contributed by atoms with van der Waals surface area (Å²) >= 11 is 1.40. The molecule has 0 unspecified atom stereocenters. The van der Waals surface area contributed by atoms with Crippen molar-refractivity contribution in [1.82, 2.24) is 4.98 Å². The van der Waals surface area contributed by atoms with Gasteiger partial charge in [-0.2, -0.15) is 0 Å². The number of benzene rings is 1. The van der Waals surface area contributed by atoms with Crippen molar-refractivity contribution in [2.75, 3.05) is 11.9 Å². The summed E-state index contributed by atoms with van der Waals surface area (Å²) in [6.45, 7) is 2.47. The van der Waals surface area contributed by atoms with Gasteiger partial charge in [-0.25, -0.2) is 4.98 Å². The number of rotatable bonds is 6. The SMILES string of the molecule is CCc1ccc(OCCC(=O)Nc2nccs2)cc1. The molecule has 19 heavy (non-hydrogen) atoms. The maximum absolute atomic E-state index is 11.6. The number of thiazole rings is 1. The molecular formula is C14H16N2O2S. The van der Waals surface area contributed by atoms with E-state index in [1.165, 1.54) is 16.9 Å². The zero-order valence-corrected chi connectivity index (χ0v) is 11.6. The number of nitrogens with zero attached hydrogens (tertiary/aromatic N) is 1. The molecule has 0 fully saturated rings. The number of nitrogens with one attached hydrogen (secondary N) is 1. The maximum Gasteiger partial charge on any atom is 0.229 e. The molecule has 0 aliphatic carbocycles. The Hall–Kier alpha value is -1.88. The van der Waals surface area contributed by atoms with Gasteiger partial charge in [0.05, 0.1) is 13.0 Å². The Balaban J connectivity index is 1.72. The largest absolute Gasteiger partial charge is 0.493 e. The molecule has 0 aliphatic heterocycles. The van der Waals surface area contributed by atoms with E-state index in [2.05, 4.69) is 17.2 Å². The van der Waals surface area contributed by atoms with Gasteiger partial charge in [0, 0.05) is 11.6 Å². The van der Waals surface area contributed by atoms with E-state index >= 15 is 0 Å². The van der Waals surface area contributed by atoms with E-state index in [1.54, 1.807) is 6.20 Å². The third-order valence-corrected chi connectivity index (χ3v) is 3.30. The minimum absolute atomic E-state index is 0.0832. The number of aromatic nitrogens is 1. The second-order valence-corrected chi connectivity index (χ2v) is 4.88. The van der Waals surface area contributed by atoms with E-state index in [0.717, 1.165) is 12.2 Å². The Labute approximate surface area is 116 Å². The first-order valence-corrected chi connectivity index (χ1v) is 7.07. The van der Waals surface area contributed by atoms with Crippen LogP contribution in [-0.4, -0.2) is 17.5 Å². The minimum atomic E-state index is -0.0832. The molecule has 0 radical (unpaired) electrons. The van der Waals surface area contributed by atoms with Crippen molar-refractivity contribution in [2.45, 2.75) is 19.8 Å². The summed E-state index contributed by atoms with van der Waals surface area (Å²) in [5, 5.41) is 5.16. The summed E-state index contributed by atoms with van der Waals surface area (Å²) in [6, 6.07) is 7.92. The summed E-state index contributed by atoms with van der Waals surface area (Å²) in [5.41, 5.74) is 1.27. The smallest absolute Gasteiger partial charge is 0.229 e. The molecular weight excluding hydrogens is 260 g/mol. The summed E-state index contributed by atoms with van der Waals surface area (Å²) in [7, 11) is 0. The molecule has 1 N–H and O–H groups in total. The zero-order chi connectivity index (χ0) is 13.5. The first-order valence-electron chi connectivity index (χ1n) is 6.19. The third-order valence-electron chi connectivity index (χ3n) is 2.61. The number of carbonyl (C=O) groups is 1. The van der Waals surface area contributed by atoms with Gasteiger partial charge in [-0.15, -0.1) is 11.3 Å². The summed E-state index contributed by atoms with van der Waals surface area (Å²) < 4.78 is 5.52. The Morgan fingerprint density at radius 2 is 2.16 bits per heavy atom. The quantitative estimate of drug-likeness (QED) is 0.882. The fourth-order valence-electron chi connectivity index (χ4n) is 1.55. The van der Waals surface area contributed by atoms with Crippen molar-refractivity contribution < 1.29 is 9.53 Å². The van der Waals surface area contributed by atoms with Crippen LogP contribution < -0.4 is 10.1 Å². The fourth-order valence-corrected chi connectivity index (χ4v) is 2.09. The van der Waals surface area contributed by atoms with Crippen molar-refractivity contribution >= 4 is 22.4 Å². The predicted octanol–water partition coefficient (Wildman–Crippen LogP) is 3.11. The van der Waals surface area contributed by atoms with Crippen LogP contribution in [0, 0.1) is 0 Å². The van der Waals surface area contributed by atoms with E-state index in [-0.39, 0.29) is 5.91 Å². The van der Waals surface area contributed by atoms with Gasteiger partial charge in [0.15, 0.2) is 5.13 Å². The van der Waals surface area contributed by atoms with Crippen molar-refractivity contribution in [3.8, 4) is 5.75 Å².